The Morgan fingerprint density at radius 2 is 2.38 bits per heavy atom. The van der Waals surface area contributed by atoms with Gasteiger partial charge in [0.05, 0.1) is 0 Å². The summed E-state index contributed by atoms with van der Waals surface area (Å²) in [6, 6.07) is -1.32. The molecule has 1 saturated heterocycles. The summed E-state index contributed by atoms with van der Waals surface area (Å²) in [5.41, 5.74) is 5.11. The van der Waals surface area contributed by atoms with Gasteiger partial charge < -0.3 is 16.4 Å². The maximum Gasteiger partial charge on any atom is 0.243 e. The van der Waals surface area contributed by atoms with E-state index in [1.165, 1.54) is 6.08 Å². The Labute approximate surface area is 93.3 Å². The molecule has 1 heterocycles. The van der Waals surface area contributed by atoms with Crippen LogP contribution >= 0.6 is 0 Å². The zero-order valence-electron chi connectivity index (χ0n) is 8.86. The third-order valence-electron chi connectivity index (χ3n) is 2.37. The summed E-state index contributed by atoms with van der Waals surface area (Å²) in [6.45, 7) is 3.47. The number of hydrogen-bond acceptors (Lipinski definition) is 3. The molecule has 1 fully saturated rings. The van der Waals surface area contributed by atoms with Crippen molar-refractivity contribution in [1.29, 1.82) is 0 Å². The van der Waals surface area contributed by atoms with Gasteiger partial charge in [-0.2, -0.15) is 0 Å². The number of amides is 3. The van der Waals surface area contributed by atoms with Crippen LogP contribution in [0.25, 0.3) is 0 Å². The molecule has 0 saturated carbocycles. The van der Waals surface area contributed by atoms with E-state index in [-0.39, 0.29) is 18.2 Å². The molecular weight excluding hydrogens is 210 g/mol. The molecule has 0 aromatic heterocycles. The topological polar surface area (TPSA) is 101 Å². The molecule has 88 valence electrons. The minimum atomic E-state index is -0.762. The van der Waals surface area contributed by atoms with E-state index in [0.717, 1.165) is 0 Å². The molecule has 0 radical (unpaired) electrons. The second-order valence-electron chi connectivity index (χ2n) is 3.65. The van der Waals surface area contributed by atoms with Gasteiger partial charge in [-0.3, -0.25) is 14.4 Å². The lowest BCUT2D eigenvalue weighted by Gasteiger charge is -2.16. The Morgan fingerprint density at radius 1 is 1.69 bits per heavy atom. The second-order valence-corrected chi connectivity index (χ2v) is 3.65. The van der Waals surface area contributed by atoms with Crippen LogP contribution in [0.1, 0.15) is 19.3 Å². The summed E-state index contributed by atoms with van der Waals surface area (Å²) >= 11 is 0. The first-order chi connectivity index (χ1) is 7.54. The standard InChI is InChI=1S/C10H15N3O3/c1-2-3-6(9(11)15)13-10(16)7-4-5-8(14)12-7/h2,6-7H,1,3-5H2,(H2,11,15)(H,12,14)(H,13,16)/t6-,7-/m1/s1. The van der Waals surface area contributed by atoms with Crippen molar-refractivity contribution in [1.82, 2.24) is 10.6 Å². The molecule has 0 spiro atoms. The van der Waals surface area contributed by atoms with Crippen LogP contribution in [0.4, 0.5) is 0 Å². The fourth-order valence-corrected chi connectivity index (χ4v) is 1.50. The molecule has 2 atom stereocenters. The van der Waals surface area contributed by atoms with Crippen LogP contribution in [0.5, 0.6) is 0 Å². The average molecular weight is 225 g/mol. The molecule has 4 N–H and O–H groups in total. The predicted molar refractivity (Wildman–Crippen MR) is 57.1 cm³/mol. The third-order valence-corrected chi connectivity index (χ3v) is 2.37. The van der Waals surface area contributed by atoms with Crippen molar-refractivity contribution < 1.29 is 14.4 Å². The highest BCUT2D eigenvalue weighted by Gasteiger charge is 2.29. The molecule has 6 nitrogen and oxygen atoms in total. The Balaban J connectivity index is 2.51. The van der Waals surface area contributed by atoms with Gasteiger partial charge in [0.15, 0.2) is 0 Å². The van der Waals surface area contributed by atoms with Gasteiger partial charge in [0.1, 0.15) is 12.1 Å². The summed E-state index contributed by atoms with van der Waals surface area (Å²) < 4.78 is 0. The van der Waals surface area contributed by atoms with Crippen molar-refractivity contribution in [3.8, 4) is 0 Å². The van der Waals surface area contributed by atoms with Crippen LogP contribution in [0.2, 0.25) is 0 Å². The summed E-state index contributed by atoms with van der Waals surface area (Å²) in [4.78, 5) is 33.5. The molecule has 0 aromatic rings. The number of primary amides is 1. The fourth-order valence-electron chi connectivity index (χ4n) is 1.50. The van der Waals surface area contributed by atoms with Crippen molar-refractivity contribution in [2.24, 2.45) is 5.73 Å². The first kappa shape index (κ1) is 12.2. The SMILES string of the molecule is C=CC[C@@H](NC(=O)[C@H]1CCC(=O)N1)C(N)=O. The van der Waals surface area contributed by atoms with E-state index in [2.05, 4.69) is 17.2 Å². The first-order valence-corrected chi connectivity index (χ1v) is 5.04. The van der Waals surface area contributed by atoms with E-state index in [9.17, 15) is 14.4 Å². The quantitative estimate of drug-likeness (QED) is 0.513. The van der Waals surface area contributed by atoms with Crippen molar-refractivity contribution in [3.63, 3.8) is 0 Å². The third kappa shape index (κ3) is 3.08. The van der Waals surface area contributed by atoms with E-state index in [1.54, 1.807) is 0 Å². The van der Waals surface area contributed by atoms with E-state index in [4.69, 9.17) is 5.73 Å². The lowest BCUT2D eigenvalue weighted by molar-refractivity contribution is -0.129. The Morgan fingerprint density at radius 3 is 2.81 bits per heavy atom. The van der Waals surface area contributed by atoms with Gasteiger partial charge in [-0.15, -0.1) is 6.58 Å². The Bertz CT molecular complexity index is 327. The van der Waals surface area contributed by atoms with Gasteiger partial charge in [0.25, 0.3) is 0 Å². The molecule has 3 amide bonds. The van der Waals surface area contributed by atoms with E-state index >= 15 is 0 Å². The van der Waals surface area contributed by atoms with E-state index in [1.807, 2.05) is 0 Å². The summed E-state index contributed by atoms with van der Waals surface area (Å²) in [7, 11) is 0. The molecule has 0 unspecified atom stereocenters. The van der Waals surface area contributed by atoms with E-state index in [0.29, 0.717) is 12.8 Å². The maximum atomic E-state index is 11.6. The van der Waals surface area contributed by atoms with Gasteiger partial charge in [-0.25, -0.2) is 0 Å². The van der Waals surface area contributed by atoms with Crippen LogP contribution in [0.3, 0.4) is 0 Å². The number of nitrogens with one attached hydrogen (secondary N) is 2. The van der Waals surface area contributed by atoms with Gasteiger partial charge in [-0.1, -0.05) is 6.08 Å². The minimum absolute atomic E-state index is 0.153. The number of nitrogens with two attached hydrogens (primary N) is 1. The van der Waals surface area contributed by atoms with Gasteiger partial charge >= 0.3 is 0 Å². The number of carbonyl (C=O) groups excluding carboxylic acids is 3. The van der Waals surface area contributed by atoms with E-state index < -0.39 is 18.0 Å². The van der Waals surface area contributed by atoms with Crippen LogP contribution in [-0.2, 0) is 14.4 Å². The number of hydrogen-bond donors (Lipinski definition) is 3. The zero-order chi connectivity index (χ0) is 12.1. The Hall–Kier alpha value is -1.85. The molecule has 6 heteroatoms. The molecule has 0 aliphatic carbocycles. The summed E-state index contributed by atoms with van der Waals surface area (Å²) in [6.07, 6.45) is 2.57. The van der Waals surface area contributed by atoms with Crippen LogP contribution in [-0.4, -0.2) is 29.8 Å². The van der Waals surface area contributed by atoms with Crippen molar-refractivity contribution >= 4 is 17.7 Å². The molecule has 0 bridgehead atoms. The number of rotatable bonds is 5. The average Bonchev–Trinajstić information content (AvgIpc) is 2.64. The maximum absolute atomic E-state index is 11.6. The normalized spacial score (nSPS) is 21.0. The van der Waals surface area contributed by atoms with Gasteiger partial charge in [0, 0.05) is 6.42 Å². The smallest absolute Gasteiger partial charge is 0.243 e. The largest absolute Gasteiger partial charge is 0.368 e. The molecule has 1 rings (SSSR count). The van der Waals surface area contributed by atoms with Gasteiger partial charge in [-0.05, 0) is 12.8 Å². The van der Waals surface area contributed by atoms with Crippen LogP contribution in [0, 0.1) is 0 Å². The molecule has 1 aliphatic heterocycles. The van der Waals surface area contributed by atoms with Crippen molar-refractivity contribution in [3.05, 3.63) is 12.7 Å². The lowest BCUT2D eigenvalue weighted by atomic mass is 10.1. The first-order valence-electron chi connectivity index (χ1n) is 5.04. The highest BCUT2D eigenvalue weighted by Crippen LogP contribution is 2.07. The lowest BCUT2D eigenvalue weighted by Crippen LogP contribution is -2.50. The summed E-state index contributed by atoms with van der Waals surface area (Å²) in [5.74, 6) is -1.14. The summed E-state index contributed by atoms with van der Waals surface area (Å²) in [5, 5.41) is 4.99. The highest BCUT2D eigenvalue weighted by atomic mass is 16.2. The van der Waals surface area contributed by atoms with Gasteiger partial charge in [0.2, 0.25) is 17.7 Å². The van der Waals surface area contributed by atoms with Crippen LogP contribution in [0.15, 0.2) is 12.7 Å². The van der Waals surface area contributed by atoms with Crippen molar-refractivity contribution in [2.75, 3.05) is 0 Å². The molecule has 0 aromatic carbocycles. The minimum Gasteiger partial charge on any atom is -0.368 e. The molecule has 16 heavy (non-hydrogen) atoms. The molecule has 1 aliphatic rings. The molecular formula is C10H15N3O3. The van der Waals surface area contributed by atoms with Crippen molar-refractivity contribution in [2.45, 2.75) is 31.3 Å². The fraction of sp³-hybridized carbons (Fsp3) is 0.500. The monoisotopic (exact) mass is 225 g/mol. The number of carbonyl (C=O) groups is 3. The highest BCUT2D eigenvalue weighted by molar-refractivity contribution is 5.93. The zero-order valence-corrected chi connectivity index (χ0v) is 8.86. The Kier molecular flexibility index (Phi) is 4.04. The predicted octanol–water partition coefficient (Wildman–Crippen LogP) is -1.19. The second kappa shape index (κ2) is 5.29. The van der Waals surface area contributed by atoms with Crippen LogP contribution < -0.4 is 16.4 Å².